The Hall–Kier alpha value is -3.06. The summed E-state index contributed by atoms with van der Waals surface area (Å²) < 4.78 is 12.8. The van der Waals surface area contributed by atoms with Gasteiger partial charge in [-0.15, -0.1) is 10.2 Å². The highest BCUT2D eigenvalue weighted by Gasteiger charge is 2.19. The zero-order valence-electron chi connectivity index (χ0n) is 15.9. The maximum atomic E-state index is 5.54. The van der Waals surface area contributed by atoms with Crippen LogP contribution in [0.1, 0.15) is 17.0 Å². The van der Waals surface area contributed by atoms with Gasteiger partial charge in [0.1, 0.15) is 11.5 Å². The van der Waals surface area contributed by atoms with Crippen LogP contribution in [0, 0.1) is 13.8 Å². The predicted octanol–water partition coefficient (Wildman–Crippen LogP) is 4.84. The Morgan fingerprint density at radius 2 is 1.82 bits per heavy atom. The van der Waals surface area contributed by atoms with Crippen LogP contribution in [0.2, 0.25) is 0 Å². The molecule has 0 atom stereocenters. The molecule has 0 saturated carbocycles. The summed E-state index contributed by atoms with van der Waals surface area (Å²) in [5.74, 6) is 2.94. The molecule has 6 nitrogen and oxygen atoms in total. The number of ether oxygens (including phenoxy) is 1. The number of rotatable bonds is 6. The SMILES string of the molecule is COc1ccccc1-c1nnc(SCc2cc(C)on2)n1-c1ccc(C)cc1. The van der Waals surface area contributed by atoms with Crippen LogP contribution in [0.15, 0.2) is 64.3 Å². The van der Waals surface area contributed by atoms with E-state index in [1.165, 1.54) is 5.56 Å². The minimum absolute atomic E-state index is 0.646. The lowest BCUT2D eigenvalue weighted by atomic mass is 10.1. The summed E-state index contributed by atoms with van der Waals surface area (Å²) in [4.78, 5) is 0. The molecule has 0 spiro atoms. The van der Waals surface area contributed by atoms with Gasteiger partial charge in [0.25, 0.3) is 0 Å². The van der Waals surface area contributed by atoms with Crippen LogP contribution < -0.4 is 4.74 Å². The summed E-state index contributed by atoms with van der Waals surface area (Å²) in [6, 6.07) is 18.1. The minimum atomic E-state index is 0.646. The van der Waals surface area contributed by atoms with Crippen molar-refractivity contribution < 1.29 is 9.26 Å². The summed E-state index contributed by atoms with van der Waals surface area (Å²) in [6.45, 7) is 3.95. The fraction of sp³-hybridized carbons (Fsp3) is 0.190. The second-order valence-corrected chi connectivity index (χ2v) is 7.34. The van der Waals surface area contributed by atoms with Gasteiger partial charge in [0, 0.05) is 17.5 Å². The Labute approximate surface area is 167 Å². The molecule has 0 saturated heterocycles. The van der Waals surface area contributed by atoms with Crippen LogP contribution >= 0.6 is 11.8 Å². The average molecular weight is 392 g/mol. The Morgan fingerprint density at radius 3 is 2.54 bits per heavy atom. The van der Waals surface area contributed by atoms with Crippen molar-refractivity contribution in [3.63, 3.8) is 0 Å². The van der Waals surface area contributed by atoms with Gasteiger partial charge >= 0.3 is 0 Å². The Morgan fingerprint density at radius 1 is 1.04 bits per heavy atom. The normalized spacial score (nSPS) is 11.0. The third kappa shape index (κ3) is 3.66. The molecule has 142 valence electrons. The van der Waals surface area contributed by atoms with E-state index in [4.69, 9.17) is 9.26 Å². The molecule has 0 aliphatic rings. The van der Waals surface area contributed by atoms with E-state index in [1.807, 2.05) is 37.3 Å². The largest absolute Gasteiger partial charge is 0.496 e. The quantitative estimate of drug-likeness (QED) is 0.438. The van der Waals surface area contributed by atoms with Gasteiger partial charge in [-0.3, -0.25) is 4.57 Å². The highest BCUT2D eigenvalue weighted by atomic mass is 32.2. The monoisotopic (exact) mass is 392 g/mol. The molecular formula is C21H20N4O2S. The van der Waals surface area contributed by atoms with E-state index in [-0.39, 0.29) is 0 Å². The zero-order valence-corrected chi connectivity index (χ0v) is 16.7. The topological polar surface area (TPSA) is 66.0 Å². The van der Waals surface area contributed by atoms with Crippen molar-refractivity contribution in [3.8, 4) is 22.8 Å². The van der Waals surface area contributed by atoms with Crippen LogP contribution in [0.5, 0.6) is 5.75 Å². The number of thioether (sulfide) groups is 1. The van der Waals surface area contributed by atoms with E-state index in [2.05, 4.69) is 51.1 Å². The highest BCUT2D eigenvalue weighted by Crippen LogP contribution is 2.34. The first-order valence-electron chi connectivity index (χ1n) is 8.86. The molecule has 0 fully saturated rings. The third-order valence-corrected chi connectivity index (χ3v) is 5.26. The summed E-state index contributed by atoms with van der Waals surface area (Å²) in [5, 5.41) is 13.8. The van der Waals surface area contributed by atoms with Gasteiger partial charge in [-0.2, -0.15) is 0 Å². The lowest BCUT2D eigenvalue weighted by molar-refractivity contribution is 0.393. The molecule has 0 aliphatic carbocycles. The molecule has 0 unspecified atom stereocenters. The van der Waals surface area contributed by atoms with Gasteiger partial charge in [-0.25, -0.2) is 0 Å². The molecule has 4 rings (SSSR count). The van der Waals surface area contributed by atoms with Gasteiger partial charge in [0.05, 0.1) is 18.4 Å². The molecule has 7 heteroatoms. The molecule has 2 heterocycles. The van der Waals surface area contributed by atoms with Crippen molar-refractivity contribution in [2.75, 3.05) is 7.11 Å². The molecular weight excluding hydrogens is 372 g/mol. The van der Waals surface area contributed by atoms with E-state index in [9.17, 15) is 0 Å². The Balaban J connectivity index is 1.78. The summed E-state index contributed by atoms with van der Waals surface area (Å²) in [5.41, 5.74) is 3.96. The molecule has 0 aliphatic heterocycles. The molecule has 2 aromatic carbocycles. The number of hydrogen-bond donors (Lipinski definition) is 0. The summed E-state index contributed by atoms with van der Waals surface area (Å²) in [6.07, 6.45) is 0. The van der Waals surface area contributed by atoms with Crippen molar-refractivity contribution in [2.24, 2.45) is 0 Å². The van der Waals surface area contributed by atoms with Crippen molar-refractivity contribution in [2.45, 2.75) is 24.8 Å². The van der Waals surface area contributed by atoms with Gasteiger partial charge < -0.3 is 9.26 Å². The maximum Gasteiger partial charge on any atom is 0.196 e. The second kappa shape index (κ2) is 7.90. The van der Waals surface area contributed by atoms with Gasteiger partial charge in [-0.1, -0.05) is 46.7 Å². The highest BCUT2D eigenvalue weighted by molar-refractivity contribution is 7.98. The van der Waals surface area contributed by atoms with Crippen molar-refractivity contribution in [1.29, 1.82) is 0 Å². The van der Waals surface area contributed by atoms with E-state index >= 15 is 0 Å². The van der Waals surface area contributed by atoms with Crippen LogP contribution in [-0.2, 0) is 5.75 Å². The number of hydrogen-bond acceptors (Lipinski definition) is 6. The van der Waals surface area contributed by atoms with Gasteiger partial charge in [-0.05, 0) is 38.1 Å². The van der Waals surface area contributed by atoms with E-state index in [0.29, 0.717) is 5.75 Å². The maximum absolute atomic E-state index is 5.54. The van der Waals surface area contributed by atoms with Crippen LogP contribution in [0.3, 0.4) is 0 Å². The smallest absolute Gasteiger partial charge is 0.196 e. The van der Waals surface area contributed by atoms with Crippen molar-refractivity contribution in [3.05, 3.63) is 71.6 Å². The van der Waals surface area contributed by atoms with E-state index < -0.39 is 0 Å². The number of aromatic nitrogens is 4. The average Bonchev–Trinajstić information content (AvgIpc) is 3.33. The molecule has 28 heavy (non-hydrogen) atoms. The number of nitrogens with zero attached hydrogens (tertiary/aromatic N) is 4. The fourth-order valence-corrected chi connectivity index (χ4v) is 3.75. The lowest BCUT2D eigenvalue weighted by Gasteiger charge is -2.12. The van der Waals surface area contributed by atoms with Gasteiger partial charge in [0.15, 0.2) is 11.0 Å². The van der Waals surface area contributed by atoms with Crippen LogP contribution in [0.25, 0.3) is 17.1 Å². The zero-order chi connectivity index (χ0) is 19.5. The third-order valence-electron chi connectivity index (χ3n) is 4.30. The van der Waals surface area contributed by atoms with Crippen molar-refractivity contribution >= 4 is 11.8 Å². The number of aryl methyl sites for hydroxylation is 2. The molecule has 0 N–H and O–H groups in total. The summed E-state index contributed by atoms with van der Waals surface area (Å²) in [7, 11) is 1.66. The minimum Gasteiger partial charge on any atom is -0.496 e. The van der Waals surface area contributed by atoms with Crippen LogP contribution in [0.4, 0.5) is 0 Å². The van der Waals surface area contributed by atoms with E-state index in [1.54, 1.807) is 18.9 Å². The number of methoxy groups -OCH3 is 1. The first-order valence-corrected chi connectivity index (χ1v) is 9.85. The molecule has 0 amide bonds. The molecule has 0 bridgehead atoms. The predicted molar refractivity (Wildman–Crippen MR) is 109 cm³/mol. The first kappa shape index (κ1) is 18.3. The summed E-state index contributed by atoms with van der Waals surface area (Å²) >= 11 is 1.57. The van der Waals surface area contributed by atoms with Crippen LogP contribution in [-0.4, -0.2) is 27.0 Å². The molecule has 0 radical (unpaired) electrons. The Kier molecular flexibility index (Phi) is 5.16. The first-order chi connectivity index (χ1) is 13.7. The second-order valence-electron chi connectivity index (χ2n) is 6.39. The Bertz CT molecular complexity index is 1090. The molecule has 4 aromatic rings. The number of para-hydroxylation sites is 1. The molecule has 2 aromatic heterocycles. The van der Waals surface area contributed by atoms with Gasteiger partial charge in [0.2, 0.25) is 0 Å². The van der Waals surface area contributed by atoms with Crippen molar-refractivity contribution in [1.82, 2.24) is 19.9 Å². The standard InChI is InChI=1S/C21H20N4O2S/c1-14-8-10-17(11-9-14)25-20(18-6-4-5-7-19(18)26-3)22-23-21(25)28-13-16-12-15(2)27-24-16/h4-12H,13H2,1-3H3. The fourth-order valence-electron chi connectivity index (χ4n) is 2.92. The van der Waals surface area contributed by atoms with E-state index in [0.717, 1.165) is 39.4 Å². The number of benzene rings is 2. The lowest BCUT2D eigenvalue weighted by Crippen LogP contribution is -2.01.